The molecule has 6 nitrogen and oxygen atoms in total. The highest BCUT2D eigenvalue weighted by Crippen LogP contribution is 2.32. The van der Waals surface area contributed by atoms with Gasteiger partial charge in [-0.3, -0.25) is 9.48 Å². The summed E-state index contributed by atoms with van der Waals surface area (Å²) in [5.41, 5.74) is 2.47. The van der Waals surface area contributed by atoms with Gasteiger partial charge in [0.25, 0.3) is 0 Å². The van der Waals surface area contributed by atoms with Gasteiger partial charge in [0.2, 0.25) is 5.91 Å². The molecule has 28 heavy (non-hydrogen) atoms. The third-order valence-electron chi connectivity index (χ3n) is 6.32. The van der Waals surface area contributed by atoms with Crippen LogP contribution in [0.3, 0.4) is 0 Å². The molecule has 1 aromatic heterocycles. The SMILES string of the molecule is Cc1ccc2cnn(CCC(=O)NCC3(CN4CCCC4)CCOCC3)c2c1. The zero-order valence-electron chi connectivity index (χ0n) is 17.0. The minimum atomic E-state index is 0.114. The van der Waals surface area contributed by atoms with E-state index in [1.54, 1.807) is 0 Å². The molecule has 1 amide bonds. The number of amides is 1. The first-order valence-electron chi connectivity index (χ1n) is 10.6. The summed E-state index contributed by atoms with van der Waals surface area (Å²) in [4.78, 5) is 15.1. The van der Waals surface area contributed by atoms with Gasteiger partial charge >= 0.3 is 0 Å². The summed E-state index contributed by atoms with van der Waals surface area (Å²) in [6, 6.07) is 6.31. The highest BCUT2D eigenvalue weighted by molar-refractivity contribution is 5.80. The van der Waals surface area contributed by atoms with E-state index < -0.39 is 0 Å². The van der Waals surface area contributed by atoms with Crippen molar-refractivity contribution in [3.63, 3.8) is 0 Å². The number of hydrogen-bond acceptors (Lipinski definition) is 4. The first kappa shape index (κ1) is 19.4. The smallest absolute Gasteiger partial charge is 0.221 e. The fourth-order valence-corrected chi connectivity index (χ4v) is 4.55. The number of benzene rings is 1. The number of hydrogen-bond donors (Lipinski definition) is 1. The van der Waals surface area contributed by atoms with Crippen LogP contribution in [0, 0.1) is 12.3 Å². The van der Waals surface area contributed by atoms with Crippen LogP contribution in [0.25, 0.3) is 10.9 Å². The molecule has 1 N–H and O–H groups in total. The number of ether oxygens (including phenoxy) is 1. The number of aromatic nitrogens is 2. The Hall–Kier alpha value is -1.92. The van der Waals surface area contributed by atoms with E-state index in [1.165, 1.54) is 31.5 Å². The molecule has 2 aromatic rings. The Morgan fingerprint density at radius 1 is 1.25 bits per heavy atom. The molecule has 2 aliphatic rings. The predicted molar refractivity (Wildman–Crippen MR) is 110 cm³/mol. The lowest BCUT2D eigenvalue weighted by atomic mass is 9.79. The average Bonchev–Trinajstić information content (AvgIpc) is 3.35. The highest BCUT2D eigenvalue weighted by atomic mass is 16.5. The van der Waals surface area contributed by atoms with Gasteiger partial charge in [-0.25, -0.2) is 0 Å². The molecule has 3 heterocycles. The number of fused-ring (bicyclic) bond motifs is 1. The quantitative estimate of drug-likeness (QED) is 0.797. The standard InChI is InChI=1S/C22H32N4O2/c1-18-4-5-19-15-24-26(20(19)14-18)11-6-21(27)23-16-22(7-12-28-13-8-22)17-25-9-2-3-10-25/h4-5,14-15H,2-3,6-13,16-17H2,1H3,(H,23,27). The number of rotatable bonds is 7. The molecular weight excluding hydrogens is 352 g/mol. The van der Waals surface area contributed by atoms with Crippen molar-refractivity contribution < 1.29 is 9.53 Å². The molecule has 6 heteroatoms. The molecule has 0 bridgehead atoms. The Balaban J connectivity index is 1.32. The van der Waals surface area contributed by atoms with Gasteiger partial charge < -0.3 is 15.0 Å². The van der Waals surface area contributed by atoms with Gasteiger partial charge in [0.05, 0.1) is 18.3 Å². The zero-order valence-corrected chi connectivity index (χ0v) is 17.0. The van der Waals surface area contributed by atoms with Crippen LogP contribution >= 0.6 is 0 Å². The van der Waals surface area contributed by atoms with E-state index >= 15 is 0 Å². The molecule has 0 saturated carbocycles. The van der Waals surface area contributed by atoms with Gasteiger partial charge in [0.1, 0.15) is 0 Å². The molecule has 2 aliphatic heterocycles. The number of aryl methyl sites for hydroxylation is 2. The minimum Gasteiger partial charge on any atom is -0.381 e. The number of carbonyl (C=O) groups excluding carboxylic acids is 1. The second-order valence-electron chi connectivity index (χ2n) is 8.55. The monoisotopic (exact) mass is 384 g/mol. The Morgan fingerprint density at radius 3 is 2.82 bits per heavy atom. The summed E-state index contributed by atoms with van der Waals surface area (Å²) in [5, 5.41) is 8.80. The maximum absolute atomic E-state index is 12.6. The number of carbonyl (C=O) groups is 1. The summed E-state index contributed by atoms with van der Waals surface area (Å²) < 4.78 is 7.54. The molecule has 0 unspecified atom stereocenters. The van der Waals surface area contributed by atoms with Crippen molar-refractivity contribution in [1.82, 2.24) is 20.0 Å². The summed E-state index contributed by atoms with van der Waals surface area (Å²) in [6.45, 7) is 8.54. The molecule has 2 fully saturated rings. The van der Waals surface area contributed by atoms with E-state index in [-0.39, 0.29) is 11.3 Å². The molecule has 152 valence electrons. The van der Waals surface area contributed by atoms with Crippen molar-refractivity contribution in [3.05, 3.63) is 30.0 Å². The van der Waals surface area contributed by atoms with Gasteiger partial charge in [-0.1, -0.05) is 12.1 Å². The highest BCUT2D eigenvalue weighted by Gasteiger charge is 2.35. The van der Waals surface area contributed by atoms with Gasteiger partial charge in [-0.2, -0.15) is 5.10 Å². The van der Waals surface area contributed by atoms with Crippen LogP contribution in [0.5, 0.6) is 0 Å². The van der Waals surface area contributed by atoms with Crippen molar-refractivity contribution in [1.29, 1.82) is 0 Å². The molecule has 2 saturated heterocycles. The van der Waals surface area contributed by atoms with E-state index in [2.05, 4.69) is 40.4 Å². The van der Waals surface area contributed by atoms with Crippen LogP contribution in [0.1, 0.15) is 37.7 Å². The van der Waals surface area contributed by atoms with Crippen LogP contribution in [-0.2, 0) is 16.1 Å². The lowest BCUT2D eigenvalue weighted by molar-refractivity contribution is -0.122. The third-order valence-corrected chi connectivity index (χ3v) is 6.32. The fraction of sp³-hybridized carbons (Fsp3) is 0.636. The van der Waals surface area contributed by atoms with Crippen molar-refractivity contribution in [2.45, 2.75) is 45.6 Å². The van der Waals surface area contributed by atoms with Crippen molar-refractivity contribution in [3.8, 4) is 0 Å². The van der Waals surface area contributed by atoms with Crippen LogP contribution in [-0.4, -0.2) is 60.0 Å². The summed E-state index contributed by atoms with van der Waals surface area (Å²) in [5.74, 6) is 0.114. The topological polar surface area (TPSA) is 59.4 Å². The lowest BCUT2D eigenvalue weighted by Crippen LogP contribution is -2.48. The van der Waals surface area contributed by atoms with E-state index in [4.69, 9.17) is 4.74 Å². The van der Waals surface area contributed by atoms with Crippen LogP contribution in [0.15, 0.2) is 24.4 Å². The summed E-state index contributed by atoms with van der Waals surface area (Å²) in [6.07, 6.45) is 7.01. The second kappa shape index (κ2) is 8.62. The van der Waals surface area contributed by atoms with Gasteiger partial charge in [0.15, 0.2) is 0 Å². The number of nitrogens with one attached hydrogen (secondary N) is 1. The fourth-order valence-electron chi connectivity index (χ4n) is 4.55. The first-order valence-corrected chi connectivity index (χ1v) is 10.6. The van der Waals surface area contributed by atoms with Gasteiger partial charge in [-0.15, -0.1) is 0 Å². The van der Waals surface area contributed by atoms with Crippen LogP contribution in [0.4, 0.5) is 0 Å². The Morgan fingerprint density at radius 2 is 2.04 bits per heavy atom. The van der Waals surface area contributed by atoms with E-state index in [9.17, 15) is 4.79 Å². The van der Waals surface area contributed by atoms with Gasteiger partial charge in [-0.05, 0) is 57.3 Å². The molecule has 0 radical (unpaired) electrons. The van der Waals surface area contributed by atoms with E-state index in [1.807, 2.05) is 10.9 Å². The molecular formula is C22H32N4O2. The van der Waals surface area contributed by atoms with E-state index in [0.29, 0.717) is 13.0 Å². The second-order valence-corrected chi connectivity index (χ2v) is 8.55. The normalized spacial score (nSPS) is 19.9. The maximum atomic E-state index is 12.6. The largest absolute Gasteiger partial charge is 0.381 e. The maximum Gasteiger partial charge on any atom is 0.221 e. The predicted octanol–water partition coefficient (Wildman–Crippen LogP) is 2.74. The first-order chi connectivity index (χ1) is 13.6. The third kappa shape index (κ3) is 4.55. The van der Waals surface area contributed by atoms with Crippen LogP contribution < -0.4 is 5.32 Å². The Kier molecular flexibility index (Phi) is 5.97. The van der Waals surface area contributed by atoms with Crippen LogP contribution in [0.2, 0.25) is 0 Å². The van der Waals surface area contributed by atoms with E-state index in [0.717, 1.165) is 50.0 Å². The Bertz CT molecular complexity index is 804. The van der Waals surface area contributed by atoms with Crippen molar-refractivity contribution >= 4 is 16.8 Å². The summed E-state index contributed by atoms with van der Waals surface area (Å²) in [7, 11) is 0. The molecule has 4 rings (SSSR count). The minimum absolute atomic E-state index is 0.114. The van der Waals surface area contributed by atoms with Crippen molar-refractivity contribution in [2.75, 3.05) is 39.4 Å². The molecule has 0 atom stereocenters. The number of nitrogens with zero attached hydrogens (tertiary/aromatic N) is 3. The van der Waals surface area contributed by atoms with Crippen molar-refractivity contribution in [2.24, 2.45) is 5.41 Å². The lowest BCUT2D eigenvalue weighted by Gasteiger charge is -2.40. The van der Waals surface area contributed by atoms with Gasteiger partial charge in [0, 0.05) is 43.5 Å². The molecule has 1 aromatic carbocycles. The number of likely N-dealkylation sites (tertiary alicyclic amines) is 1. The molecule has 0 aliphatic carbocycles. The average molecular weight is 385 g/mol. The molecule has 0 spiro atoms. The Labute approximate surface area is 167 Å². The zero-order chi connectivity index (χ0) is 19.4. The summed E-state index contributed by atoms with van der Waals surface area (Å²) >= 11 is 0.